The van der Waals surface area contributed by atoms with Gasteiger partial charge in [0, 0.05) is 24.7 Å². The summed E-state index contributed by atoms with van der Waals surface area (Å²) < 4.78 is 10.4. The Morgan fingerprint density at radius 2 is 2.14 bits per heavy atom. The van der Waals surface area contributed by atoms with Gasteiger partial charge in [0.15, 0.2) is 0 Å². The van der Waals surface area contributed by atoms with Gasteiger partial charge in [0.2, 0.25) is 0 Å². The molecule has 1 aliphatic rings. The maximum Gasteiger partial charge on any atom is 0.407 e. The van der Waals surface area contributed by atoms with E-state index in [2.05, 4.69) is 15.8 Å². The third kappa shape index (κ3) is 5.67. The van der Waals surface area contributed by atoms with Gasteiger partial charge in [-0.05, 0) is 53.4 Å². The highest BCUT2D eigenvalue weighted by Gasteiger charge is 2.25. The molecule has 2 atom stereocenters. The summed E-state index contributed by atoms with van der Waals surface area (Å²) in [5.74, 6) is 0.824. The molecule has 6 nitrogen and oxygen atoms in total. The summed E-state index contributed by atoms with van der Waals surface area (Å²) in [6.45, 7) is 8.20. The molecule has 0 bridgehead atoms. The first-order valence-corrected chi connectivity index (χ1v) is 7.97. The zero-order chi connectivity index (χ0) is 16.2. The third-order valence-corrected chi connectivity index (χ3v) is 3.64. The number of hydrogen-bond acceptors (Lipinski definition) is 5. The van der Waals surface area contributed by atoms with E-state index < -0.39 is 5.60 Å². The molecule has 22 heavy (non-hydrogen) atoms. The maximum absolute atomic E-state index is 11.8. The lowest BCUT2D eigenvalue weighted by atomic mass is 9.91. The lowest BCUT2D eigenvalue weighted by molar-refractivity contribution is 0.0488. The fraction of sp³-hybridized carbons (Fsp3) is 0.750. The van der Waals surface area contributed by atoms with Crippen LogP contribution < -0.4 is 10.6 Å². The van der Waals surface area contributed by atoms with Gasteiger partial charge in [0.05, 0.1) is 5.69 Å². The Hall–Kier alpha value is -1.56. The summed E-state index contributed by atoms with van der Waals surface area (Å²) >= 11 is 0. The summed E-state index contributed by atoms with van der Waals surface area (Å²) in [5, 5.41) is 10.4. The fourth-order valence-corrected chi connectivity index (χ4v) is 2.73. The number of hydrogen-bond donors (Lipinski definition) is 2. The van der Waals surface area contributed by atoms with Gasteiger partial charge in [0.1, 0.15) is 11.4 Å². The second-order valence-electron chi connectivity index (χ2n) is 7.02. The predicted molar refractivity (Wildman–Crippen MR) is 83.5 cm³/mol. The molecule has 0 aromatic carbocycles. The van der Waals surface area contributed by atoms with E-state index in [1.807, 2.05) is 33.8 Å². The Morgan fingerprint density at radius 1 is 1.41 bits per heavy atom. The van der Waals surface area contributed by atoms with Crippen molar-refractivity contribution < 1.29 is 14.1 Å². The molecule has 2 unspecified atom stereocenters. The predicted octanol–water partition coefficient (Wildman–Crippen LogP) is 2.91. The molecule has 2 N–H and O–H groups in total. The Balaban J connectivity index is 1.75. The molecule has 1 amide bonds. The normalized spacial score (nSPS) is 22.4. The molecular formula is C16H27N3O3. The molecule has 0 saturated heterocycles. The Morgan fingerprint density at radius 3 is 2.77 bits per heavy atom. The Labute approximate surface area is 132 Å². The molecule has 0 aliphatic heterocycles. The summed E-state index contributed by atoms with van der Waals surface area (Å²) in [7, 11) is 0. The molecule has 6 heteroatoms. The molecule has 1 aromatic heterocycles. The minimum Gasteiger partial charge on any atom is -0.444 e. The lowest BCUT2D eigenvalue weighted by Gasteiger charge is -2.31. The smallest absolute Gasteiger partial charge is 0.407 e. The van der Waals surface area contributed by atoms with Gasteiger partial charge < -0.3 is 19.9 Å². The lowest BCUT2D eigenvalue weighted by Crippen LogP contribution is -2.45. The fourth-order valence-electron chi connectivity index (χ4n) is 2.73. The van der Waals surface area contributed by atoms with Crippen molar-refractivity contribution in [3.63, 3.8) is 0 Å². The van der Waals surface area contributed by atoms with Crippen LogP contribution in [0.25, 0.3) is 0 Å². The van der Waals surface area contributed by atoms with Gasteiger partial charge >= 0.3 is 6.09 Å². The summed E-state index contributed by atoms with van der Waals surface area (Å²) in [6, 6.07) is 2.48. The number of ether oxygens (including phenoxy) is 1. The number of nitrogens with one attached hydrogen (secondary N) is 2. The largest absolute Gasteiger partial charge is 0.444 e. The van der Waals surface area contributed by atoms with Crippen molar-refractivity contribution in [1.82, 2.24) is 15.8 Å². The average Bonchev–Trinajstić information content (AvgIpc) is 2.80. The minimum absolute atomic E-state index is 0.167. The van der Waals surface area contributed by atoms with E-state index in [1.54, 1.807) is 0 Å². The van der Waals surface area contributed by atoms with Crippen LogP contribution in [0.5, 0.6) is 0 Å². The van der Waals surface area contributed by atoms with E-state index in [0.29, 0.717) is 12.6 Å². The summed E-state index contributed by atoms with van der Waals surface area (Å²) in [5.41, 5.74) is 0.459. The second kappa shape index (κ2) is 7.13. The van der Waals surface area contributed by atoms with Crippen LogP contribution >= 0.6 is 0 Å². The SMILES string of the molecule is Cc1cc(CNC2CCCC(NC(=O)OC(C)(C)C)C2)no1. The zero-order valence-corrected chi connectivity index (χ0v) is 13.9. The number of nitrogens with zero attached hydrogens (tertiary/aromatic N) is 1. The highest BCUT2D eigenvalue weighted by molar-refractivity contribution is 5.68. The molecule has 1 fully saturated rings. The number of carbonyl (C=O) groups excluding carboxylic acids is 1. The minimum atomic E-state index is -0.457. The van der Waals surface area contributed by atoms with E-state index in [0.717, 1.165) is 37.1 Å². The topological polar surface area (TPSA) is 76.4 Å². The van der Waals surface area contributed by atoms with Crippen LogP contribution in [0.15, 0.2) is 10.6 Å². The number of carbonyl (C=O) groups is 1. The average molecular weight is 309 g/mol. The maximum atomic E-state index is 11.8. The van der Waals surface area contributed by atoms with Crippen molar-refractivity contribution in [3.8, 4) is 0 Å². The first-order chi connectivity index (χ1) is 10.3. The number of aryl methyl sites for hydroxylation is 1. The van der Waals surface area contributed by atoms with Crippen LogP contribution in [0.3, 0.4) is 0 Å². The van der Waals surface area contributed by atoms with Gasteiger partial charge in [-0.1, -0.05) is 5.16 Å². The van der Waals surface area contributed by atoms with Gasteiger partial charge in [-0.25, -0.2) is 4.79 Å². The van der Waals surface area contributed by atoms with Crippen LogP contribution in [-0.4, -0.2) is 28.9 Å². The Bertz CT molecular complexity index is 493. The van der Waals surface area contributed by atoms with Gasteiger partial charge in [-0.3, -0.25) is 0 Å². The van der Waals surface area contributed by atoms with Crippen LogP contribution in [0.2, 0.25) is 0 Å². The third-order valence-electron chi connectivity index (χ3n) is 3.64. The van der Waals surface area contributed by atoms with Crippen LogP contribution in [-0.2, 0) is 11.3 Å². The quantitative estimate of drug-likeness (QED) is 0.894. The van der Waals surface area contributed by atoms with Gasteiger partial charge in [0.25, 0.3) is 0 Å². The van der Waals surface area contributed by atoms with Crippen LogP contribution in [0, 0.1) is 6.92 Å². The van der Waals surface area contributed by atoms with Crippen molar-refractivity contribution in [1.29, 1.82) is 0 Å². The van der Waals surface area contributed by atoms with Crippen LogP contribution in [0.4, 0.5) is 4.79 Å². The highest BCUT2D eigenvalue weighted by atomic mass is 16.6. The molecule has 0 radical (unpaired) electrons. The standard InChI is InChI=1S/C16H27N3O3/c1-11-8-14(19-22-11)10-17-12-6-5-7-13(9-12)18-15(20)21-16(2,3)4/h8,12-13,17H,5-7,9-10H2,1-4H3,(H,18,20). The second-order valence-corrected chi connectivity index (χ2v) is 7.02. The molecule has 1 saturated carbocycles. The molecular weight excluding hydrogens is 282 g/mol. The van der Waals surface area contributed by atoms with Crippen molar-refractivity contribution in [2.45, 2.75) is 77.6 Å². The van der Waals surface area contributed by atoms with Crippen molar-refractivity contribution in [2.24, 2.45) is 0 Å². The van der Waals surface area contributed by atoms with Crippen molar-refractivity contribution in [3.05, 3.63) is 17.5 Å². The van der Waals surface area contributed by atoms with E-state index in [9.17, 15) is 4.79 Å². The van der Waals surface area contributed by atoms with E-state index in [-0.39, 0.29) is 12.1 Å². The number of rotatable bonds is 4. The zero-order valence-electron chi connectivity index (χ0n) is 13.9. The van der Waals surface area contributed by atoms with E-state index >= 15 is 0 Å². The van der Waals surface area contributed by atoms with E-state index in [4.69, 9.17) is 9.26 Å². The Kier molecular flexibility index (Phi) is 5.45. The molecule has 0 spiro atoms. The first-order valence-electron chi connectivity index (χ1n) is 7.97. The molecule has 1 heterocycles. The molecule has 2 rings (SSSR count). The highest BCUT2D eigenvalue weighted by Crippen LogP contribution is 2.20. The number of aromatic nitrogens is 1. The first kappa shape index (κ1) is 16.8. The van der Waals surface area contributed by atoms with Crippen molar-refractivity contribution >= 4 is 6.09 Å². The summed E-state index contributed by atoms with van der Waals surface area (Å²) in [4.78, 5) is 11.8. The summed E-state index contributed by atoms with van der Waals surface area (Å²) in [6.07, 6.45) is 3.79. The van der Waals surface area contributed by atoms with E-state index in [1.165, 1.54) is 0 Å². The molecule has 124 valence electrons. The number of amides is 1. The monoisotopic (exact) mass is 309 g/mol. The van der Waals surface area contributed by atoms with Gasteiger partial charge in [-0.2, -0.15) is 0 Å². The van der Waals surface area contributed by atoms with Crippen LogP contribution in [0.1, 0.15) is 57.9 Å². The molecule has 1 aliphatic carbocycles. The molecule has 1 aromatic rings. The van der Waals surface area contributed by atoms with Gasteiger partial charge in [-0.15, -0.1) is 0 Å². The van der Waals surface area contributed by atoms with Crippen molar-refractivity contribution in [2.75, 3.05) is 0 Å². The number of alkyl carbamates (subject to hydrolysis) is 1.